The molecule has 2 aliphatic rings. The van der Waals surface area contributed by atoms with Gasteiger partial charge in [0, 0.05) is 32.0 Å². The van der Waals surface area contributed by atoms with Crippen LogP contribution in [0.2, 0.25) is 0 Å². The van der Waals surface area contributed by atoms with Gasteiger partial charge in [-0.2, -0.15) is 0 Å². The molecule has 0 saturated heterocycles. The fourth-order valence-electron chi connectivity index (χ4n) is 3.50. The Morgan fingerprint density at radius 3 is 2.90 bits per heavy atom. The summed E-state index contributed by atoms with van der Waals surface area (Å²) in [6.45, 7) is 4.99. The van der Waals surface area contributed by atoms with E-state index in [4.69, 9.17) is 5.73 Å². The topological polar surface area (TPSA) is 64.2 Å². The van der Waals surface area contributed by atoms with Crippen LogP contribution in [0, 0.1) is 11.3 Å². The Hall–Kier alpha value is -1.36. The Bertz CT molecular complexity index is 488. The number of fused-ring (bicyclic) bond motifs is 1. The maximum Gasteiger partial charge on any atom is 0.230 e. The van der Waals surface area contributed by atoms with E-state index in [0.29, 0.717) is 13.1 Å². The van der Waals surface area contributed by atoms with Crippen LogP contribution in [0.1, 0.15) is 38.4 Å². The van der Waals surface area contributed by atoms with Crippen LogP contribution in [0.15, 0.2) is 12.4 Å². The van der Waals surface area contributed by atoms with Crippen molar-refractivity contribution in [1.29, 1.82) is 0 Å². The van der Waals surface area contributed by atoms with Crippen LogP contribution < -0.4 is 5.73 Å². The van der Waals surface area contributed by atoms with E-state index in [9.17, 15) is 4.79 Å². The third-order valence-corrected chi connectivity index (χ3v) is 5.11. The molecule has 0 spiro atoms. The summed E-state index contributed by atoms with van der Waals surface area (Å²) in [4.78, 5) is 19.2. The predicted octanol–water partition coefficient (Wildman–Crippen LogP) is 1.38. The summed E-state index contributed by atoms with van der Waals surface area (Å²) in [7, 11) is 0. The lowest BCUT2D eigenvalue weighted by Crippen LogP contribution is -2.51. The highest BCUT2D eigenvalue weighted by Crippen LogP contribution is 2.40. The summed E-state index contributed by atoms with van der Waals surface area (Å²) in [6, 6.07) is 0. The fraction of sp³-hybridized carbons (Fsp3) is 0.733. The highest BCUT2D eigenvalue weighted by molar-refractivity contribution is 5.83. The summed E-state index contributed by atoms with van der Waals surface area (Å²) in [5, 5.41) is 0. The van der Waals surface area contributed by atoms with Gasteiger partial charge in [0.05, 0.1) is 12.0 Å². The van der Waals surface area contributed by atoms with Crippen molar-refractivity contribution in [2.45, 2.75) is 45.7 Å². The summed E-state index contributed by atoms with van der Waals surface area (Å²) < 4.78 is 2.13. The van der Waals surface area contributed by atoms with Gasteiger partial charge in [-0.15, -0.1) is 0 Å². The SMILES string of the molecule is CC1CCC(CN)(C(=O)N2CCn3ccnc3C2)CC1. The van der Waals surface area contributed by atoms with E-state index in [-0.39, 0.29) is 11.3 Å². The molecule has 2 heterocycles. The van der Waals surface area contributed by atoms with Crippen molar-refractivity contribution < 1.29 is 4.79 Å². The maximum atomic E-state index is 13.0. The van der Waals surface area contributed by atoms with Gasteiger partial charge in [0.1, 0.15) is 5.82 Å². The fourth-order valence-corrected chi connectivity index (χ4v) is 3.50. The first-order chi connectivity index (χ1) is 9.64. The standard InChI is InChI=1S/C15H24N4O/c1-12-2-4-15(11-16,5-3-12)14(20)19-9-8-18-7-6-17-13(18)10-19/h6-7,12H,2-5,8-11,16H2,1H3. The van der Waals surface area contributed by atoms with Gasteiger partial charge >= 0.3 is 0 Å². The zero-order valence-electron chi connectivity index (χ0n) is 12.2. The monoisotopic (exact) mass is 276 g/mol. The summed E-state index contributed by atoms with van der Waals surface area (Å²) in [5.41, 5.74) is 5.68. The molecule has 0 aromatic carbocycles. The first-order valence-corrected chi connectivity index (χ1v) is 7.64. The van der Waals surface area contributed by atoms with Crippen molar-refractivity contribution in [3.63, 3.8) is 0 Å². The molecule has 2 N–H and O–H groups in total. The normalized spacial score (nSPS) is 30.1. The van der Waals surface area contributed by atoms with E-state index in [1.807, 2.05) is 17.3 Å². The molecule has 1 aromatic rings. The first kappa shape index (κ1) is 13.6. The molecule has 110 valence electrons. The van der Waals surface area contributed by atoms with E-state index >= 15 is 0 Å². The van der Waals surface area contributed by atoms with Crippen LogP contribution >= 0.6 is 0 Å². The number of hydrogen-bond donors (Lipinski definition) is 1. The largest absolute Gasteiger partial charge is 0.333 e. The number of nitrogens with two attached hydrogens (primary N) is 1. The van der Waals surface area contributed by atoms with Crippen molar-refractivity contribution in [3.8, 4) is 0 Å². The van der Waals surface area contributed by atoms with E-state index in [0.717, 1.165) is 50.5 Å². The van der Waals surface area contributed by atoms with Gasteiger partial charge in [-0.1, -0.05) is 6.92 Å². The van der Waals surface area contributed by atoms with E-state index in [2.05, 4.69) is 16.5 Å². The second-order valence-corrected chi connectivity index (χ2v) is 6.43. The minimum absolute atomic E-state index is 0.251. The Balaban J connectivity index is 1.75. The number of amides is 1. The second-order valence-electron chi connectivity index (χ2n) is 6.43. The van der Waals surface area contributed by atoms with Gasteiger partial charge in [-0.3, -0.25) is 4.79 Å². The Kier molecular flexibility index (Phi) is 3.54. The third-order valence-electron chi connectivity index (χ3n) is 5.11. The Morgan fingerprint density at radius 1 is 1.45 bits per heavy atom. The van der Waals surface area contributed by atoms with Crippen molar-refractivity contribution in [2.24, 2.45) is 17.1 Å². The second kappa shape index (κ2) is 5.20. The molecule has 5 heteroatoms. The number of rotatable bonds is 2. The molecule has 0 atom stereocenters. The van der Waals surface area contributed by atoms with Crippen molar-refractivity contribution in [2.75, 3.05) is 13.1 Å². The molecule has 5 nitrogen and oxygen atoms in total. The molecule has 1 fully saturated rings. The average molecular weight is 276 g/mol. The highest BCUT2D eigenvalue weighted by Gasteiger charge is 2.42. The Labute approximate surface area is 120 Å². The zero-order valence-corrected chi connectivity index (χ0v) is 12.2. The quantitative estimate of drug-likeness (QED) is 0.887. The summed E-state index contributed by atoms with van der Waals surface area (Å²) in [6.07, 6.45) is 7.90. The van der Waals surface area contributed by atoms with Gasteiger partial charge in [-0.05, 0) is 31.6 Å². The van der Waals surface area contributed by atoms with Crippen molar-refractivity contribution in [1.82, 2.24) is 14.5 Å². The minimum atomic E-state index is -0.318. The van der Waals surface area contributed by atoms with Crippen molar-refractivity contribution >= 4 is 5.91 Å². The van der Waals surface area contributed by atoms with Gasteiger partial charge < -0.3 is 15.2 Å². The van der Waals surface area contributed by atoms with Gasteiger partial charge in [0.15, 0.2) is 0 Å². The molecule has 20 heavy (non-hydrogen) atoms. The van der Waals surface area contributed by atoms with Crippen LogP contribution in [0.5, 0.6) is 0 Å². The molecule has 0 bridgehead atoms. The molecule has 1 saturated carbocycles. The number of aromatic nitrogens is 2. The van der Waals surface area contributed by atoms with Gasteiger partial charge in [0.25, 0.3) is 0 Å². The van der Waals surface area contributed by atoms with E-state index in [1.54, 1.807) is 0 Å². The number of carbonyl (C=O) groups is 1. The van der Waals surface area contributed by atoms with E-state index < -0.39 is 0 Å². The smallest absolute Gasteiger partial charge is 0.230 e. The zero-order chi connectivity index (χ0) is 14.2. The van der Waals surface area contributed by atoms with Crippen LogP contribution in [-0.4, -0.2) is 33.4 Å². The lowest BCUT2D eigenvalue weighted by atomic mass is 9.70. The molecule has 1 aliphatic carbocycles. The number of hydrogen-bond acceptors (Lipinski definition) is 3. The summed E-state index contributed by atoms with van der Waals surface area (Å²) >= 11 is 0. The number of carbonyl (C=O) groups excluding carboxylic acids is 1. The molecule has 1 aromatic heterocycles. The first-order valence-electron chi connectivity index (χ1n) is 7.64. The Morgan fingerprint density at radius 2 is 2.20 bits per heavy atom. The van der Waals surface area contributed by atoms with Crippen LogP contribution in [-0.2, 0) is 17.9 Å². The molecular weight excluding hydrogens is 252 g/mol. The van der Waals surface area contributed by atoms with Gasteiger partial charge in [-0.25, -0.2) is 4.98 Å². The molecule has 0 radical (unpaired) electrons. The molecule has 3 rings (SSSR count). The predicted molar refractivity (Wildman–Crippen MR) is 76.8 cm³/mol. The third kappa shape index (κ3) is 2.24. The van der Waals surface area contributed by atoms with Crippen LogP contribution in [0.25, 0.3) is 0 Å². The maximum absolute atomic E-state index is 13.0. The lowest BCUT2D eigenvalue weighted by molar-refractivity contribution is -0.145. The minimum Gasteiger partial charge on any atom is -0.333 e. The highest BCUT2D eigenvalue weighted by atomic mass is 16.2. The molecule has 1 amide bonds. The van der Waals surface area contributed by atoms with Crippen molar-refractivity contribution in [3.05, 3.63) is 18.2 Å². The van der Waals surface area contributed by atoms with Gasteiger partial charge in [0.2, 0.25) is 5.91 Å². The molecule has 0 unspecified atom stereocenters. The van der Waals surface area contributed by atoms with E-state index in [1.165, 1.54) is 0 Å². The number of nitrogens with zero attached hydrogens (tertiary/aromatic N) is 3. The van der Waals surface area contributed by atoms with Crippen LogP contribution in [0.4, 0.5) is 0 Å². The average Bonchev–Trinajstić information content (AvgIpc) is 2.95. The molecule has 1 aliphatic heterocycles. The lowest BCUT2D eigenvalue weighted by Gasteiger charge is -2.41. The molecular formula is C15H24N4O. The summed E-state index contributed by atoms with van der Waals surface area (Å²) in [5.74, 6) is 1.96. The van der Waals surface area contributed by atoms with Crippen LogP contribution in [0.3, 0.4) is 0 Å². The number of imidazole rings is 1.